The maximum absolute atomic E-state index is 12.6. The summed E-state index contributed by atoms with van der Waals surface area (Å²) in [6, 6.07) is 3.07. The van der Waals surface area contributed by atoms with Gasteiger partial charge in [-0.3, -0.25) is 4.79 Å². The van der Waals surface area contributed by atoms with E-state index in [-0.39, 0.29) is 16.8 Å². The zero-order chi connectivity index (χ0) is 18.2. The van der Waals surface area contributed by atoms with Crippen LogP contribution in [0.25, 0.3) is 0 Å². The normalized spacial score (nSPS) is 13.1. The topological polar surface area (TPSA) is 71.4 Å². The van der Waals surface area contributed by atoms with Crippen molar-refractivity contribution in [2.24, 2.45) is 7.05 Å². The van der Waals surface area contributed by atoms with Crippen molar-refractivity contribution in [1.82, 2.24) is 14.2 Å². The van der Waals surface area contributed by atoms with E-state index in [2.05, 4.69) is 4.72 Å². The van der Waals surface area contributed by atoms with Crippen LogP contribution in [-0.2, 0) is 17.1 Å². The van der Waals surface area contributed by atoms with Gasteiger partial charge in [-0.1, -0.05) is 0 Å². The summed E-state index contributed by atoms with van der Waals surface area (Å²) >= 11 is 1.64. The Morgan fingerprint density at radius 1 is 1.29 bits per heavy atom. The molecular formula is C16H23N3O3S2. The van der Waals surface area contributed by atoms with Gasteiger partial charge in [0.15, 0.2) is 0 Å². The van der Waals surface area contributed by atoms with Gasteiger partial charge in [-0.25, -0.2) is 13.1 Å². The fraction of sp³-hybridized carbons (Fsp3) is 0.438. The highest BCUT2D eigenvalue weighted by atomic mass is 32.2. The number of carbonyl (C=O) groups excluding carboxylic acids is 1. The standard InChI is InChI=1S/C16H23N3O3S2/c1-10-7-14(12(3)23-10)11(2)17-24(21,22)13-8-15(19(6)9-13)16(20)18(4)5/h7-9,11,17H,1-6H3. The van der Waals surface area contributed by atoms with E-state index in [1.54, 1.807) is 32.5 Å². The van der Waals surface area contributed by atoms with Gasteiger partial charge in [0, 0.05) is 43.1 Å². The van der Waals surface area contributed by atoms with E-state index in [0.29, 0.717) is 5.69 Å². The lowest BCUT2D eigenvalue weighted by molar-refractivity contribution is 0.0818. The van der Waals surface area contributed by atoms with Gasteiger partial charge in [-0.2, -0.15) is 0 Å². The number of carbonyl (C=O) groups is 1. The molecule has 8 heteroatoms. The quantitative estimate of drug-likeness (QED) is 0.880. The van der Waals surface area contributed by atoms with Crippen LogP contribution in [0.3, 0.4) is 0 Å². The number of aryl methyl sites for hydroxylation is 3. The second-order valence-electron chi connectivity index (χ2n) is 6.08. The van der Waals surface area contributed by atoms with Crippen LogP contribution in [0.5, 0.6) is 0 Å². The molecule has 1 N–H and O–H groups in total. The molecule has 1 unspecified atom stereocenters. The van der Waals surface area contributed by atoms with E-state index in [4.69, 9.17) is 0 Å². The van der Waals surface area contributed by atoms with Gasteiger partial charge in [-0.05, 0) is 38.5 Å². The van der Waals surface area contributed by atoms with Gasteiger partial charge >= 0.3 is 0 Å². The third-order valence-corrected chi connectivity index (χ3v) is 6.28. The Labute approximate surface area is 147 Å². The van der Waals surface area contributed by atoms with Crippen LogP contribution in [0.15, 0.2) is 23.2 Å². The Morgan fingerprint density at radius 3 is 2.42 bits per heavy atom. The summed E-state index contributed by atoms with van der Waals surface area (Å²) in [4.78, 5) is 15.8. The van der Waals surface area contributed by atoms with Crippen LogP contribution in [0.2, 0.25) is 0 Å². The van der Waals surface area contributed by atoms with Crippen LogP contribution in [0.1, 0.15) is 38.8 Å². The first kappa shape index (κ1) is 18.7. The van der Waals surface area contributed by atoms with Crippen LogP contribution >= 0.6 is 11.3 Å². The van der Waals surface area contributed by atoms with Crippen LogP contribution in [0, 0.1) is 13.8 Å². The zero-order valence-electron chi connectivity index (χ0n) is 14.7. The average Bonchev–Trinajstić information content (AvgIpc) is 3.00. The Balaban J connectivity index is 2.29. The second-order valence-corrected chi connectivity index (χ2v) is 9.26. The molecule has 1 atom stereocenters. The molecule has 0 aliphatic heterocycles. The van der Waals surface area contributed by atoms with Crippen LogP contribution in [0.4, 0.5) is 0 Å². The number of thiophene rings is 1. The van der Waals surface area contributed by atoms with Crippen molar-refractivity contribution in [3.8, 4) is 0 Å². The number of nitrogens with one attached hydrogen (secondary N) is 1. The molecular weight excluding hydrogens is 346 g/mol. The molecule has 1 amide bonds. The Bertz CT molecular complexity index is 863. The monoisotopic (exact) mass is 369 g/mol. The van der Waals surface area contributed by atoms with Gasteiger partial charge in [0.1, 0.15) is 10.6 Å². The molecule has 0 bridgehead atoms. The van der Waals surface area contributed by atoms with E-state index in [0.717, 1.165) is 15.3 Å². The molecule has 2 rings (SSSR count). The van der Waals surface area contributed by atoms with Gasteiger partial charge in [0.2, 0.25) is 10.0 Å². The van der Waals surface area contributed by atoms with Crippen molar-refractivity contribution in [1.29, 1.82) is 0 Å². The van der Waals surface area contributed by atoms with Crippen molar-refractivity contribution < 1.29 is 13.2 Å². The molecule has 0 aliphatic rings. The fourth-order valence-electron chi connectivity index (χ4n) is 2.57. The number of sulfonamides is 1. The number of nitrogens with zero attached hydrogens (tertiary/aromatic N) is 2. The van der Waals surface area contributed by atoms with Crippen molar-refractivity contribution in [2.45, 2.75) is 31.7 Å². The molecule has 2 heterocycles. The lowest BCUT2D eigenvalue weighted by Crippen LogP contribution is -2.26. The smallest absolute Gasteiger partial charge is 0.269 e. The van der Waals surface area contributed by atoms with E-state index >= 15 is 0 Å². The molecule has 24 heavy (non-hydrogen) atoms. The van der Waals surface area contributed by atoms with Crippen LogP contribution in [-0.4, -0.2) is 37.9 Å². The Morgan fingerprint density at radius 2 is 1.92 bits per heavy atom. The summed E-state index contributed by atoms with van der Waals surface area (Å²) in [5, 5.41) is 0. The van der Waals surface area contributed by atoms with Crippen molar-refractivity contribution in [3.05, 3.63) is 39.3 Å². The third-order valence-electron chi connectivity index (χ3n) is 3.79. The summed E-state index contributed by atoms with van der Waals surface area (Å²) in [5.74, 6) is -0.240. The number of aromatic nitrogens is 1. The highest BCUT2D eigenvalue weighted by Gasteiger charge is 2.24. The number of hydrogen-bond acceptors (Lipinski definition) is 4. The minimum atomic E-state index is -3.71. The first-order valence-corrected chi connectivity index (χ1v) is 9.80. The highest BCUT2D eigenvalue weighted by molar-refractivity contribution is 7.89. The molecule has 0 saturated carbocycles. The first-order valence-electron chi connectivity index (χ1n) is 7.50. The summed E-state index contributed by atoms with van der Waals surface area (Å²) in [6.45, 7) is 5.80. The van der Waals surface area contributed by atoms with Crippen molar-refractivity contribution >= 4 is 27.3 Å². The van der Waals surface area contributed by atoms with E-state index < -0.39 is 10.0 Å². The molecule has 6 nitrogen and oxygen atoms in total. The molecule has 0 radical (unpaired) electrons. The van der Waals surface area contributed by atoms with Crippen molar-refractivity contribution in [2.75, 3.05) is 14.1 Å². The lowest BCUT2D eigenvalue weighted by atomic mass is 10.1. The van der Waals surface area contributed by atoms with E-state index in [1.165, 1.54) is 21.7 Å². The lowest BCUT2D eigenvalue weighted by Gasteiger charge is -2.13. The van der Waals surface area contributed by atoms with Crippen LogP contribution < -0.4 is 4.72 Å². The van der Waals surface area contributed by atoms with Gasteiger partial charge < -0.3 is 9.47 Å². The Kier molecular flexibility index (Phi) is 5.22. The predicted molar refractivity (Wildman–Crippen MR) is 96.0 cm³/mol. The summed E-state index contributed by atoms with van der Waals surface area (Å²) in [7, 11) is 1.21. The number of amides is 1. The molecule has 0 aromatic carbocycles. The molecule has 132 valence electrons. The molecule has 0 fully saturated rings. The summed E-state index contributed by atoms with van der Waals surface area (Å²) < 4.78 is 29.5. The molecule has 0 saturated heterocycles. The molecule has 2 aromatic heterocycles. The largest absolute Gasteiger partial charge is 0.345 e. The number of hydrogen-bond donors (Lipinski definition) is 1. The summed E-state index contributed by atoms with van der Waals surface area (Å²) in [5.41, 5.74) is 1.30. The Hall–Kier alpha value is -1.64. The predicted octanol–water partition coefficient (Wildman–Crippen LogP) is 2.44. The van der Waals surface area contributed by atoms with Gasteiger partial charge in [0.25, 0.3) is 5.91 Å². The second kappa shape index (κ2) is 6.70. The number of rotatable bonds is 5. The van der Waals surface area contributed by atoms with Gasteiger partial charge in [0.05, 0.1) is 0 Å². The van der Waals surface area contributed by atoms with Gasteiger partial charge in [-0.15, -0.1) is 11.3 Å². The maximum atomic E-state index is 12.6. The molecule has 0 spiro atoms. The van der Waals surface area contributed by atoms with Crippen molar-refractivity contribution in [3.63, 3.8) is 0 Å². The zero-order valence-corrected chi connectivity index (χ0v) is 16.4. The SMILES string of the molecule is Cc1cc(C(C)NS(=O)(=O)c2cc(C(=O)N(C)C)n(C)c2)c(C)s1. The molecule has 0 aliphatic carbocycles. The minimum Gasteiger partial charge on any atom is -0.345 e. The first-order chi connectivity index (χ1) is 11.0. The third kappa shape index (κ3) is 3.71. The van der Waals surface area contributed by atoms with E-state index in [9.17, 15) is 13.2 Å². The highest BCUT2D eigenvalue weighted by Crippen LogP contribution is 2.27. The minimum absolute atomic E-state index is 0.0895. The summed E-state index contributed by atoms with van der Waals surface area (Å²) in [6.07, 6.45) is 1.46. The fourth-order valence-corrected chi connectivity index (χ4v) is 4.88. The maximum Gasteiger partial charge on any atom is 0.269 e. The average molecular weight is 370 g/mol. The van der Waals surface area contributed by atoms with E-state index in [1.807, 2.05) is 26.8 Å². The molecule has 2 aromatic rings.